The van der Waals surface area contributed by atoms with Gasteiger partial charge in [0.25, 0.3) is 5.91 Å². The third kappa shape index (κ3) is 2.88. The molecule has 2 aromatic carbocycles. The van der Waals surface area contributed by atoms with Crippen molar-refractivity contribution in [2.45, 2.75) is 6.92 Å². The van der Waals surface area contributed by atoms with E-state index in [1.54, 1.807) is 6.92 Å². The maximum absolute atomic E-state index is 13.0. The Balaban J connectivity index is 2.23. The molecule has 0 aliphatic carbocycles. The van der Waals surface area contributed by atoms with Crippen molar-refractivity contribution in [3.8, 4) is 5.75 Å². The van der Waals surface area contributed by atoms with Crippen LogP contribution in [0.15, 0.2) is 36.4 Å². The number of hydrogen-bond donors (Lipinski definition) is 2. The van der Waals surface area contributed by atoms with Gasteiger partial charge in [0.15, 0.2) is 11.6 Å². The summed E-state index contributed by atoms with van der Waals surface area (Å²) in [7, 11) is 0. The summed E-state index contributed by atoms with van der Waals surface area (Å²) < 4.78 is 25.8. The normalized spacial score (nSPS) is 10.3. The van der Waals surface area contributed by atoms with Crippen molar-refractivity contribution >= 4 is 11.6 Å². The SMILES string of the molecule is Cc1cc(O)ccc1C(=O)Nc1ccc(F)c(F)c1. The summed E-state index contributed by atoms with van der Waals surface area (Å²) in [5.74, 6) is -2.40. The minimum atomic E-state index is -1.03. The van der Waals surface area contributed by atoms with E-state index in [-0.39, 0.29) is 11.4 Å². The molecule has 0 spiro atoms. The minimum Gasteiger partial charge on any atom is -0.508 e. The number of phenols is 1. The Kier molecular flexibility index (Phi) is 3.46. The van der Waals surface area contributed by atoms with Crippen LogP contribution in [0.2, 0.25) is 0 Å². The number of nitrogens with one attached hydrogen (secondary N) is 1. The maximum atomic E-state index is 13.0. The minimum absolute atomic E-state index is 0.0573. The van der Waals surface area contributed by atoms with E-state index >= 15 is 0 Å². The molecule has 0 saturated heterocycles. The lowest BCUT2D eigenvalue weighted by atomic mass is 10.1. The quantitative estimate of drug-likeness (QED) is 0.873. The average molecular weight is 263 g/mol. The van der Waals surface area contributed by atoms with Crippen molar-refractivity contribution in [2.75, 3.05) is 5.32 Å². The van der Waals surface area contributed by atoms with E-state index in [9.17, 15) is 18.7 Å². The predicted molar refractivity (Wildman–Crippen MR) is 67.2 cm³/mol. The van der Waals surface area contributed by atoms with Crippen LogP contribution in [-0.2, 0) is 0 Å². The van der Waals surface area contributed by atoms with E-state index in [1.807, 2.05) is 0 Å². The third-order valence-corrected chi connectivity index (χ3v) is 2.63. The first kappa shape index (κ1) is 13.0. The predicted octanol–water partition coefficient (Wildman–Crippen LogP) is 3.23. The van der Waals surface area contributed by atoms with E-state index in [0.29, 0.717) is 11.1 Å². The largest absolute Gasteiger partial charge is 0.508 e. The number of anilines is 1. The molecule has 0 unspecified atom stereocenters. The molecule has 1 amide bonds. The molecule has 2 N–H and O–H groups in total. The van der Waals surface area contributed by atoms with Crippen LogP contribution in [0.25, 0.3) is 0 Å². The van der Waals surface area contributed by atoms with Gasteiger partial charge in [0.05, 0.1) is 0 Å². The van der Waals surface area contributed by atoms with Gasteiger partial charge in [-0.2, -0.15) is 0 Å². The summed E-state index contributed by atoms with van der Waals surface area (Å²) in [6.45, 7) is 1.67. The zero-order valence-corrected chi connectivity index (χ0v) is 10.1. The molecular weight excluding hydrogens is 252 g/mol. The van der Waals surface area contributed by atoms with Gasteiger partial charge in [-0.1, -0.05) is 0 Å². The van der Waals surface area contributed by atoms with Crippen molar-refractivity contribution in [3.05, 3.63) is 59.2 Å². The van der Waals surface area contributed by atoms with Crippen LogP contribution >= 0.6 is 0 Å². The zero-order valence-electron chi connectivity index (χ0n) is 10.1. The number of aromatic hydroxyl groups is 1. The lowest BCUT2D eigenvalue weighted by molar-refractivity contribution is 0.102. The van der Waals surface area contributed by atoms with Gasteiger partial charge < -0.3 is 10.4 Å². The summed E-state index contributed by atoms with van der Waals surface area (Å²) >= 11 is 0. The molecule has 0 aromatic heterocycles. The zero-order chi connectivity index (χ0) is 14.0. The summed E-state index contributed by atoms with van der Waals surface area (Å²) in [6, 6.07) is 7.40. The highest BCUT2D eigenvalue weighted by atomic mass is 19.2. The first-order valence-electron chi connectivity index (χ1n) is 5.53. The van der Waals surface area contributed by atoms with Crippen LogP contribution in [0.5, 0.6) is 5.75 Å². The Morgan fingerprint density at radius 2 is 1.84 bits per heavy atom. The van der Waals surface area contributed by atoms with Crippen LogP contribution in [0, 0.1) is 18.6 Å². The second kappa shape index (κ2) is 5.06. The lowest BCUT2D eigenvalue weighted by Crippen LogP contribution is -2.13. The molecule has 3 nitrogen and oxygen atoms in total. The monoisotopic (exact) mass is 263 g/mol. The first-order valence-corrected chi connectivity index (χ1v) is 5.53. The van der Waals surface area contributed by atoms with E-state index in [1.165, 1.54) is 24.3 Å². The molecule has 98 valence electrons. The van der Waals surface area contributed by atoms with Crippen LogP contribution in [0.4, 0.5) is 14.5 Å². The number of carbonyl (C=O) groups excluding carboxylic acids is 1. The standard InChI is InChI=1S/C14H11F2NO2/c1-8-6-10(18)3-4-11(8)14(19)17-9-2-5-12(15)13(16)7-9/h2-7,18H,1H3,(H,17,19). The molecule has 0 aliphatic rings. The molecule has 0 fully saturated rings. The number of halogens is 2. The number of aryl methyl sites for hydroxylation is 1. The van der Waals surface area contributed by atoms with Crippen molar-refractivity contribution in [2.24, 2.45) is 0 Å². The van der Waals surface area contributed by atoms with Gasteiger partial charge in [0.2, 0.25) is 0 Å². The summed E-state index contributed by atoms with van der Waals surface area (Å²) in [6.07, 6.45) is 0. The third-order valence-electron chi connectivity index (χ3n) is 2.63. The number of carbonyl (C=O) groups is 1. The molecule has 2 aromatic rings. The molecular formula is C14H11F2NO2. The van der Waals surface area contributed by atoms with Gasteiger partial charge in [-0.25, -0.2) is 8.78 Å². The van der Waals surface area contributed by atoms with Crippen LogP contribution in [0.3, 0.4) is 0 Å². The maximum Gasteiger partial charge on any atom is 0.255 e. The van der Waals surface area contributed by atoms with Crippen molar-refractivity contribution < 1.29 is 18.7 Å². The summed E-state index contributed by atoms with van der Waals surface area (Å²) in [5.41, 5.74) is 1.10. The first-order chi connectivity index (χ1) is 8.97. The molecule has 5 heteroatoms. The van der Waals surface area contributed by atoms with Crippen LogP contribution < -0.4 is 5.32 Å². The molecule has 0 heterocycles. The number of phenolic OH excluding ortho intramolecular Hbond substituents is 1. The van der Waals surface area contributed by atoms with E-state index in [0.717, 1.165) is 12.1 Å². The Morgan fingerprint density at radius 3 is 2.47 bits per heavy atom. The van der Waals surface area contributed by atoms with E-state index < -0.39 is 17.5 Å². The van der Waals surface area contributed by atoms with Gasteiger partial charge in [-0.05, 0) is 42.8 Å². The van der Waals surface area contributed by atoms with Gasteiger partial charge in [-0.15, -0.1) is 0 Å². The molecule has 0 saturated carbocycles. The number of benzene rings is 2. The Labute approximate surface area is 108 Å². The average Bonchev–Trinajstić information content (AvgIpc) is 2.33. The topological polar surface area (TPSA) is 49.3 Å². The number of hydrogen-bond acceptors (Lipinski definition) is 2. The highest BCUT2D eigenvalue weighted by Crippen LogP contribution is 2.18. The summed E-state index contributed by atoms with van der Waals surface area (Å²) in [4.78, 5) is 11.9. The smallest absolute Gasteiger partial charge is 0.255 e. The van der Waals surface area contributed by atoms with Gasteiger partial charge >= 0.3 is 0 Å². The highest BCUT2D eigenvalue weighted by molar-refractivity contribution is 6.05. The van der Waals surface area contributed by atoms with Crippen LogP contribution in [0.1, 0.15) is 15.9 Å². The molecule has 19 heavy (non-hydrogen) atoms. The Hall–Kier alpha value is -2.43. The molecule has 0 aliphatic heterocycles. The van der Waals surface area contributed by atoms with Crippen molar-refractivity contribution in [1.82, 2.24) is 0 Å². The molecule has 0 bridgehead atoms. The molecule has 0 atom stereocenters. The number of rotatable bonds is 2. The fourth-order valence-electron chi connectivity index (χ4n) is 1.67. The van der Waals surface area contributed by atoms with E-state index in [2.05, 4.69) is 5.32 Å². The fourth-order valence-corrected chi connectivity index (χ4v) is 1.67. The van der Waals surface area contributed by atoms with Crippen LogP contribution in [-0.4, -0.2) is 11.0 Å². The van der Waals surface area contributed by atoms with E-state index in [4.69, 9.17) is 0 Å². The molecule has 0 radical (unpaired) electrons. The summed E-state index contributed by atoms with van der Waals surface area (Å²) in [5, 5.41) is 11.7. The van der Waals surface area contributed by atoms with Crippen molar-refractivity contribution in [1.29, 1.82) is 0 Å². The Bertz CT molecular complexity index is 641. The van der Waals surface area contributed by atoms with Gasteiger partial charge in [-0.3, -0.25) is 4.79 Å². The lowest BCUT2D eigenvalue weighted by Gasteiger charge is -2.08. The number of amides is 1. The highest BCUT2D eigenvalue weighted by Gasteiger charge is 2.11. The van der Waals surface area contributed by atoms with Gasteiger partial charge in [0, 0.05) is 17.3 Å². The Morgan fingerprint density at radius 1 is 1.11 bits per heavy atom. The second-order valence-electron chi connectivity index (χ2n) is 4.08. The van der Waals surface area contributed by atoms with Crippen molar-refractivity contribution in [3.63, 3.8) is 0 Å². The van der Waals surface area contributed by atoms with Gasteiger partial charge in [0.1, 0.15) is 5.75 Å². The molecule has 2 rings (SSSR count). The fraction of sp³-hybridized carbons (Fsp3) is 0.0714. The second-order valence-corrected chi connectivity index (χ2v) is 4.08.